The van der Waals surface area contributed by atoms with Crippen molar-refractivity contribution >= 4 is 11.8 Å². The molecular formula is C14H15N3O2. The van der Waals surface area contributed by atoms with E-state index in [1.807, 2.05) is 13.0 Å². The summed E-state index contributed by atoms with van der Waals surface area (Å²) in [6.07, 6.45) is 5.17. The minimum atomic E-state index is -0.404. The van der Waals surface area contributed by atoms with E-state index in [1.54, 1.807) is 30.7 Å². The molecule has 0 bridgehead atoms. The van der Waals surface area contributed by atoms with Crippen LogP contribution in [0.3, 0.4) is 0 Å². The van der Waals surface area contributed by atoms with Crippen LogP contribution in [0.1, 0.15) is 21.5 Å². The van der Waals surface area contributed by atoms with Crippen molar-refractivity contribution in [3.05, 3.63) is 53.5 Å². The Bertz CT molecular complexity index is 584. The molecule has 98 valence electrons. The van der Waals surface area contributed by atoms with Crippen LogP contribution in [0, 0.1) is 6.92 Å². The Morgan fingerprint density at radius 3 is 2.95 bits per heavy atom. The van der Waals surface area contributed by atoms with E-state index >= 15 is 0 Å². The number of ether oxygens (including phenoxy) is 1. The van der Waals surface area contributed by atoms with E-state index in [9.17, 15) is 4.79 Å². The van der Waals surface area contributed by atoms with E-state index in [0.29, 0.717) is 17.9 Å². The molecule has 0 aliphatic heterocycles. The molecule has 0 fully saturated rings. The van der Waals surface area contributed by atoms with Gasteiger partial charge in [0.15, 0.2) is 0 Å². The lowest BCUT2D eigenvalue weighted by Crippen LogP contribution is -2.10. The first kappa shape index (κ1) is 13.0. The molecule has 0 aliphatic rings. The van der Waals surface area contributed by atoms with Crippen molar-refractivity contribution in [3.63, 3.8) is 0 Å². The van der Waals surface area contributed by atoms with Crippen molar-refractivity contribution in [1.29, 1.82) is 0 Å². The van der Waals surface area contributed by atoms with Crippen molar-refractivity contribution in [2.24, 2.45) is 0 Å². The normalized spacial score (nSPS) is 10.0. The number of rotatable bonds is 4. The van der Waals surface area contributed by atoms with E-state index in [2.05, 4.69) is 15.3 Å². The third kappa shape index (κ3) is 3.07. The second kappa shape index (κ2) is 5.95. The Labute approximate surface area is 111 Å². The van der Waals surface area contributed by atoms with Gasteiger partial charge in [0.05, 0.1) is 7.11 Å². The molecule has 5 nitrogen and oxygen atoms in total. The molecular weight excluding hydrogens is 242 g/mol. The summed E-state index contributed by atoms with van der Waals surface area (Å²) in [5.41, 5.74) is 2.62. The van der Waals surface area contributed by atoms with Crippen LogP contribution in [0.25, 0.3) is 0 Å². The third-order valence-electron chi connectivity index (χ3n) is 2.81. The number of esters is 1. The highest BCUT2D eigenvalue weighted by Gasteiger charge is 2.12. The summed E-state index contributed by atoms with van der Waals surface area (Å²) in [5, 5.41) is 3.13. The zero-order chi connectivity index (χ0) is 13.7. The number of aromatic nitrogens is 2. The van der Waals surface area contributed by atoms with Gasteiger partial charge < -0.3 is 10.1 Å². The maximum absolute atomic E-state index is 11.6. The highest BCUT2D eigenvalue weighted by Crippen LogP contribution is 2.14. The van der Waals surface area contributed by atoms with Crippen LogP contribution in [0.15, 0.2) is 36.8 Å². The van der Waals surface area contributed by atoms with Gasteiger partial charge in [-0.05, 0) is 36.2 Å². The van der Waals surface area contributed by atoms with Gasteiger partial charge in [-0.25, -0.2) is 9.78 Å². The van der Waals surface area contributed by atoms with Crippen molar-refractivity contribution < 1.29 is 9.53 Å². The molecule has 1 N–H and O–H groups in total. The average molecular weight is 257 g/mol. The number of hydrogen-bond donors (Lipinski definition) is 1. The van der Waals surface area contributed by atoms with Gasteiger partial charge in [0.25, 0.3) is 0 Å². The maximum atomic E-state index is 11.6. The Kier molecular flexibility index (Phi) is 4.07. The predicted octanol–water partition coefficient (Wildman–Crippen LogP) is 2.18. The number of methoxy groups -OCH3 is 1. The molecule has 0 amide bonds. The average Bonchev–Trinajstić information content (AvgIpc) is 2.46. The highest BCUT2D eigenvalue weighted by atomic mass is 16.5. The summed E-state index contributed by atoms with van der Waals surface area (Å²) in [4.78, 5) is 19.8. The second-order valence-corrected chi connectivity index (χ2v) is 4.05. The van der Waals surface area contributed by atoms with E-state index in [4.69, 9.17) is 4.74 Å². The quantitative estimate of drug-likeness (QED) is 0.850. The van der Waals surface area contributed by atoms with Crippen LogP contribution < -0.4 is 5.32 Å². The Balaban J connectivity index is 2.16. The Hall–Kier alpha value is -2.43. The number of pyridine rings is 2. The summed E-state index contributed by atoms with van der Waals surface area (Å²) in [7, 11) is 1.35. The van der Waals surface area contributed by atoms with Crippen LogP contribution in [-0.2, 0) is 11.3 Å². The first-order valence-corrected chi connectivity index (χ1v) is 5.89. The van der Waals surface area contributed by atoms with Gasteiger partial charge in [0.2, 0.25) is 0 Å². The highest BCUT2D eigenvalue weighted by molar-refractivity contribution is 5.94. The molecule has 2 aromatic heterocycles. The van der Waals surface area contributed by atoms with Crippen LogP contribution in [0.5, 0.6) is 0 Å². The molecule has 0 atom stereocenters. The number of hydrogen-bond acceptors (Lipinski definition) is 5. The van der Waals surface area contributed by atoms with Gasteiger partial charge in [-0.15, -0.1) is 0 Å². The fourth-order valence-corrected chi connectivity index (χ4v) is 1.68. The van der Waals surface area contributed by atoms with Crippen molar-refractivity contribution in [1.82, 2.24) is 9.97 Å². The van der Waals surface area contributed by atoms with Crippen LogP contribution in [0.2, 0.25) is 0 Å². The lowest BCUT2D eigenvalue weighted by Gasteiger charge is -2.10. The fourth-order valence-electron chi connectivity index (χ4n) is 1.68. The summed E-state index contributed by atoms with van der Waals surface area (Å²) < 4.78 is 4.72. The molecule has 0 spiro atoms. The van der Waals surface area contributed by atoms with Gasteiger partial charge in [-0.1, -0.05) is 0 Å². The van der Waals surface area contributed by atoms with Crippen LogP contribution in [0.4, 0.5) is 5.82 Å². The monoisotopic (exact) mass is 257 g/mol. The van der Waals surface area contributed by atoms with E-state index in [-0.39, 0.29) is 0 Å². The molecule has 0 radical (unpaired) electrons. The van der Waals surface area contributed by atoms with Gasteiger partial charge in [0.1, 0.15) is 11.4 Å². The molecule has 0 aliphatic carbocycles. The fraction of sp³-hybridized carbons (Fsp3) is 0.214. The molecule has 0 saturated carbocycles. The lowest BCUT2D eigenvalue weighted by molar-refractivity contribution is 0.0601. The Morgan fingerprint density at radius 2 is 2.21 bits per heavy atom. The third-order valence-corrected chi connectivity index (χ3v) is 2.81. The number of carbonyl (C=O) groups excluding carboxylic acids is 1. The number of carbonyl (C=O) groups is 1. The van der Waals surface area contributed by atoms with Gasteiger partial charge in [-0.2, -0.15) is 0 Å². The zero-order valence-corrected chi connectivity index (χ0v) is 10.9. The van der Waals surface area contributed by atoms with Gasteiger partial charge >= 0.3 is 5.97 Å². The first-order valence-electron chi connectivity index (χ1n) is 5.89. The predicted molar refractivity (Wildman–Crippen MR) is 71.9 cm³/mol. The lowest BCUT2D eigenvalue weighted by atomic mass is 10.1. The number of nitrogens with one attached hydrogen (secondary N) is 1. The molecule has 2 rings (SSSR count). The SMILES string of the molecule is COC(=O)c1cccnc1NCc1cnccc1C. The largest absolute Gasteiger partial charge is 0.465 e. The number of aryl methyl sites for hydroxylation is 1. The van der Waals surface area contributed by atoms with Crippen LogP contribution in [-0.4, -0.2) is 23.0 Å². The molecule has 2 aromatic rings. The molecule has 19 heavy (non-hydrogen) atoms. The minimum absolute atomic E-state index is 0.404. The number of anilines is 1. The second-order valence-electron chi connectivity index (χ2n) is 4.05. The molecule has 2 heterocycles. The maximum Gasteiger partial charge on any atom is 0.341 e. The molecule has 0 saturated heterocycles. The van der Waals surface area contributed by atoms with Gasteiger partial charge in [-0.3, -0.25) is 4.98 Å². The van der Waals surface area contributed by atoms with E-state index in [0.717, 1.165) is 11.1 Å². The standard InChI is InChI=1S/C14H15N3O2/c1-10-5-7-15-8-11(10)9-17-13-12(14(18)19-2)4-3-6-16-13/h3-8H,9H2,1-2H3,(H,16,17). The summed E-state index contributed by atoms with van der Waals surface area (Å²) in [6, 6.07) is 5.32. The summed E-state index contributed by atoms with van der Waals surface area (Å²) in [5.74, 6) is 0.108. The van der Waals surface area contributed by atoms with Crippen molar-refractivity contribution in [2.75, 3.05) is 12.4 Å². The first-order chi connectivity index (χ1) is 9.22. The zero-order valence-electron chi connectivity index (χ0n) is 10.9. The van der Waals surface area contributed by atoms with Gasteiger partial charge in [0, 0.05) is 25.1 Å². The number of nitrogens with zero attached hydrogens (tertiary/aromatic N) is 2. The molecule has 0 aromatic carbocycles. The van der Waals surface area contributed by atoms with E-state index < -0.39 is 5.97 Å². The van der Waals surface area contributed by atoms with E-state index in [1.165, 1.54) is 7.11 Å². The molecule has 0 unspecified atom stereocenters. The summed E-state index contributed by atoms with van der Waals surface area (Å²) >= 11 is 0. The van der Waals surface area contributed by atoms with Crippen LogP contribution >= 0.6 is 0 Å². The topological polar surface area (TPSA) is 64.1 Å². The Morgan fingerprint density at radius 1 is 1.37 bits per heavy atom. The van der Waals surface area contributed by atoms with Crippen molar-refractivity contribution in [3.8, 4) is 0 Å². The van der Waals surface area contributed by atoms with Crippen molar-refractivity contribution in [2.45, 2.75) is 13.5 Å². The summed E-state index contributed by atoms with van der Waals surface area (Å²) in [6.45, 7) is 2.57. The smallest absolute Gasteiger partial charge is 0.341 e. The molecule has 5 heteroatoms. The minimum Gasteiger partial charge on any atom is -0.465 e.